The van der Waals surface area contributed by atoms with Crippen molar-refractivity contribution in [1.82, 2.24) is 0 Å². The number of hydrogen-bond acceptors (Lipinski definition) is 3. The second-order valence-electron chi connectivity index (χ2n) is 0.594. The molecule has 0 heterocycles. The van der Waals surface area contributed by atoms with E-state index in [1.807, 2.05) is 0 Å². The van der Waals surface area contributed by atoms with Gasteiger partial charge in [0.05, 0.1) is 7.11 Å². The summed E-state index contributed by atoms with van der Waals surface area (Å²) in [7, 11) is -3.29. The van der Waals surface area contributed by atoms with Gasteiger partial charge < -0.3 is 0 Å². The van der Waals surface area contributed by atoms with E-state index in [2.05, 4.69) is 4.18 Å². The molecule has 42 valence electrons. The quantitative estimate of drug-likeness (QED) is 0.415. The normalized spacial score (nSPS) is 10.0. The van der Waals surface area contributed by atoms with Gasteiger partial charge in [-0.2, -0.15) is 8.42 Å². The van der Waals surface area contributed by atoms with Crippen molar-refractivity contribution in [3.8, 4) is 0 Å². The Morgan fingerprint density at radius 3 is 1.71 bits per heavy atom. The fourth-order valence-corrected chi connectivity index (χ4v) is 0. The van der Waals surface area contributed by atoms with Gasteiger partial charge in [0.25, 0.3) is 0 Å². The molecule has 0 aromatic carbocycles. The Hall–Kier alpha value is 1.35. The van der Waals surface area contributed by atoms with E-state index in [-0.39, 0.29) is 45.5 Å². The van der Waals surface area contributed by atoms with Crippen LogP contribution in [-0.2, 0) is 14.6 Å². The molecule has 0 unspecified atom stereocenters. The van der Waals surface area contributed by atoms with E-state index in [0.717, 1.165) is 7.11 Å². The molecule has 1 N–H and O–H groups in total. The molecule has 0 aromatic rings. The van der Waals surface area contributed by atoms with E-state index in [1.54, 1.807) is 0 Å². The monoisotopic (exact) mass is 202 g/mol. The van der Waals surface area contributed by atoms with Crippen LogP contribution in [-0.4, -0.2) is 65.6 Å². The standard InChI is InChI=1S/CH4O4S.Sr.2H/c1-5-6(2,3)4;;;/h1H3,(H,2,3,4);;;. The zero-order valence-corrected chi connectivity index (χ0v) is 3.90. The van der Waals surface area contributed by atoms with Crippen LogP contribution in [0.1, 0.15) is 0 Å². The van der Waals surface area contributed by atoms with Crippen LogP contribution in [0.3, 0.4) is 0 Å². The second kappa shape index (κ2) is 4.25. The molecular weight excluding hydrogens is 196 g/mol. The third kappa shape index (κ3) is 11.1. The zero-order chi connectivity index (χ0) is 5.21. The number of hydrogen-bond donors (Lipinski definition) is 1. The van der Waals surface area contributed by atoms with Crippen molar-refractivity contribution in [3.05, 3.63) is 0 Å². The molecular formula is CH6O4SSr. The second-order valence-corrected chi connectivity index (χ2v) is 1.78. The van der Waals surface area contributed by atoms with Crippen molar-refractivity contribution in [1.29, 1.82) is 0 Å². The first-order valence-electron chi connectivity index (χ1n) is 1.09. The molecule has 0 saturated heterocycles. The van der Waals surface area contributed by atoms with Gasteiger partial charge in [-0.3, -0.25) is 8.74 Å². The van der Waals surface area contributed by atoms with Gasteiger partial charge in [-0.25, -0.2) is 0 Å². The molecule has 0 aliphatic rings. The molecule has 0 aliphatic heterocycles. The van der Waals surface area contributed by atoms with E-state index < -0.39 is 10.4 Å². The molecule has 6 heteroatoms. The summed E-state index contributed by atoms with van der Waals surface area (Å²) in [6, 6.07) is 0. The fourth-order valence-electron chi connectivity index (χ4n) is 0. The van der Waals surface area contributed by atoms with Crippen LogP contribution in [0, 0.1) is 0 Å². The molecule has 0 fully saturated rings. The van der Waals surface area contributed by atoms with Crippen molar-refractivity contribution < 1.29 is 17.2 Å². The van der Waals surface area contributed by atoms with Crippen LogP contribution in [0.4, 0.5) is 0 Å². The SMILES string of the molecule is COS(=O)(=O)O.[SrH2]. The van der Waals surface area contributed by atoms with Crippen LogP contribution < -0.4 is 0 Å². The molecule has 0 saturated carbocycles. The Morgan fingerprint density at radius 2 is 1.71 bits per heavy atom. The Kier molecular flexibility index (Phi) is 6.79. The summed E-state index contributed by atoms with van der Waals surface area (Å²) in [5.74, 6) is 0. The molecule has 0 atom stereocenters. The van der Waals surface area contributed by atoms with Gasteiger partial charge in [0.1, 0.15) is 0 Å². The van der Waals surface area contributed by atoms with Gasteiger partial charge in [-0.15, -0.1) is 0 Å². The van der Waals surface area contributed by atoms with Gasteiger partial charge in [-0.05, 0) is 0 Å². The summed E-state index contributed by atoms with van der Waals surface area (Å²) >= 11 is 0. The van der Waals surface area contributed by atoms with Gasteiger partial charge >= 0.3 is 55.9 Å². The first-order valence-corrected chi connectivity index (χ1v) is 2.46. The average molecular weight is 202 g/mol. The molecule has 0 spiro atoms. The van der Waals surface area contributed by atoms with E-state index >= 15 is 0 Å². The van der Waals surface area contributed by atoms with Crippen molar-refractivity contribution in [3.63, 3.8) is 0 Å². The van der Waals surface area contributed by atoms with E-state index in [0.29, 0.717) is 0 Å². The molecule has 0 bridgehead atoms. The Balaban J connectivity index is 0. The third-order valence-electron chi connectivity index (χ3n) is 0.211. The van der Waals surface area contributed by atoms with Gasteiger partial charge in [0.2, 0.25) is 0 Å². The first kappa shape index (κ1) is 11.2. The molecule has 7 heavy (non-hydrogen) atoms. The molecule has 0 aromatic heterocycles. The van der Waals surface area contributed by atoms with Crippen LogP contribution in [0.5, 0.6) is 0 Å². The predicted molar refractivity (Wildman–Crippen MR) is 27.1 cm³/mol. The van der Waals surface area contributed by atoms with E-state index in [1.165, 1.54) is 0 Å². The maximum absolute atomic E-state index is 9.33. The van der Waals surface area contributed by atoms with Crippen molar-refractivity contribution >= 4 is 55.9 Å². The minimum atomic E-state index is -4.16. The molecule has 0 rings (SSSR count). The van der Waals surface area contributed by atoms with Crippen molar-refractivity contribution in [2.24, 2.45) is 0 Å². The summed E-state index contributed by atoms with van der Waals surface area (Å²) in [6.07, 6.45) is 0. The zero-order valence-electron chi connectivity index (χ0n) is 3.08. The Labute approximate surface area is 79.1 Å². The van der Waals surface area contributed by atoms with Gasteiger partial charge in [-0.1, -0.05) is 0 Å². The summed E-state index contributed by atoms with van der Waals surface area (Å²) < 4.78 is 29.7. The van der Waals surface area contributed by atoms with E-state index in [9.17, 15) is 8.42 Å². The van der Waals surface area contributed by atoms with E-state index in [4.69, 9.17) is 4.55 Å². The van der Waals surface area contributed by atoms with Crippen LogP contribution in [0.2, 0.25) is 0 Å². The van der Waals surface area contributed by atoms with Gasteiger partial charge in [0, 0.05) is 0 Å². The summed E-state index contributed by atoms with van der Waals surface area (Å²) in [6.45, 7) is 0. The Morgan fingerprint density at radius 1 is 1.57 bits per heavy atom. The molecule has 0 aliphatic carbocycles. The van der Waals surface area contributed by atoms with Crippen LogP contribution in [0.25, 0.3) is 0 Å². The first-order chi connectivity index (χ1) is 2.56. The summed E-state index contributed by atoms with van der Waals surface area (Å²) in [5, 5.41) is 0. The van der Waals surface area contributed by atoms with Crippen LogP contribution in [0.15, 0.2) is 0 Å². The number of rotatable bonds is 1. The third-order valence-corrected chi connectivity index (χ3v) is 0.632. The Bertz CT molecular complexity index is 114. The van der Waals surface area contributed by atoms with Crippen molar-refractivity contribution in [2.45, 2.75) is 0 Å². The summed E-state index contributed by atoms with van der Waals surface area (Å²) in [5.41, 5.74) is 0. The molecule has 0 amide bonds. The topological polar surface area (TPSA) is 63.6 Å². The van der Waals surface area contributed by atoms with Crippen molar-refractivity contribution in [2.75, 3.05) is 7.11 Å². The molecule has 4 nitrogen and oxygen atoms in total. The fraction of sp³-hybridized carbons (Fsp3) is 1.00. The van der Waals surface area contributed by atoms with Gasteiger partial charge in [0.15, 0.2) is 0 Å². The molecule has 0 radical (unpaired) electrons. The summed E-state index contributed by atoms with van der Waals surface area (Å²) in [4.78, 5) is 0. The maximum atomic E-state index is 9.33. The van der Waals surface area contributed by atoms with Crippen LogP contribution >= 0.6 is 0 Å². The minimum absolute atomic E-state index is 0. The predicted octanol–water partition coefficient (Wildman–Crippen LogP) is -1.48. The average Bonchev–Trinajstić information content (AvgIpc) is 1.35.